The fourth-order valence-electron chi connectivity index (χ4n) is 2.37. The molecule has 0 aliphatic heterocycles. The van der Waals surface area contributed by atoms with Gasteiger partial charge < -0.3 is 5.43 Å². The van der Waals surface area contributed by atoms with Crippen molar-refractivity contribution in [1.29, 1.82) is 0 Å². The summed E-state index contributed by atoms with van der Waals surface area (Å²) in [7, 11) is 0. The second-order valence-corrected chi connectivity index (χ2v) is 5.13. The Labute approximate surface area is 134 Å². The van der Waals surface area contributed by atoms with Gasteiger partial charge in [0.15, 0.2) is 0 Å². The molecule has 0 amide bonds. The number of nitrogens with zero attached hydrogens (tertiary/aromatic N) is 1. The van der Waals surface area contributed by atoms with Crippen molar-refractivity contribution >= 4 is 40.7 Å². The normalized spacial score (nSPS) is 10.2. The van der Waals surface area contributed by atoms with Crippen LogP contribution in [0.15, 0.2) is 48.5 Å². The molecule has 2 aromatic carbocycles. The molecule has 0 saturated carbocycles. The van der Waals surface area contributed by atoms with Gasteiger partial charge in [-0.25, -0.2) is 10.8 Å². The molecule has 5 heteroatoms. The lowest BCUT2D eigenvalue weighted by Gasteiger charge is -2.11. The number of benzene rings is 2. The smallest absolute Gasteiger partial charge is 0.148 e. The Morgan fingerprint density at radius 2 is 1.81 bits per heavy atom. The SMILES string of the molecule is Cc1cc(Cl)cc2cc(-c3ccccc3)c(NN)nc12.Cl. The first kappa shape index (κ1) is 15.6. The molecule has 0 aliphatic carbocycles. The summed E-state index contributed by atoms with van der Waals surface area (Å²) in [5.41, 5.74) is 6.64. The minimum Gasteiger partial charge on any atom is -0.308 e. The number of nitrogens with two attached hydrogens (primary N) is 1. The summed E-state index contributed by atoms with van der Waals surface area (Å²) in [5.74, 6) is 6.28. The van der Waals surface area contributed by atoms with Gasteiger partial charge in [0.2, 0.25) is 0 Å². The standard InChI is InChI=1S/C16H14ClN3.ClH/c1-10-7-13(17)8-12-9-14(11-5-3-2-4-6-11)16(20-18)19-15(10)12;/h2-9H,18H2,1H3,(H,19,20);1H. The van der Waals surface area contributed by atoms with E-state index in [1.54, 1.807) is 0 Å². The van der Waals surface area contributed by atoms with E-state index in [1.165, 1.54) is 0 Å². The summed E-state index contributed by atoms with van der Waals surface area (Å²) >= 11 is 6.13. The van der Waals surface area contributed by atoms with Crippen LogP contribution in [0.3, 0.4) is 0 Å². The van der Waals surface area contributed by atoms with Gasteiger partial charge in [0.25, 0.3) is 0 Å². The first-order valence-corrected chi connectivity index (χ1v) is 6.70. The van der Waals surface area contributed by atoms with Crippen LogP contribution < -0.4 is 11.3 Å². The van der Waals surface area contributed by atoms with Crippen molar-refractivity contribution in [3.8, 4) is 11.1 Å². The van der Waals surface area contributed by atoms with Crippen molar-refractivity contribution in [3.63, 3.8) is 0 Å². The van der Waals surface area contributed by atoms with Crippen LogP contribution in [0.25, 0.3) is 22.0 Å². The van der Waals surface area contributed by atoms with Crippen molar-refractivity contribution in [2.45, 2.75) is 6.92 Å². The van der Waals surface area contributed by atoms with Gasteiger partial charge in [0.05, 0.1) is 5.52 Å². The number of aromatic nitrogens is 1. The zero-order valence-corrected chi connectivity index (χ0v) is 13.0. The minimum absolute atomic E-state index is 0. The van der Waals surface area contributed by atoms with E-state index in [-0.39, 0.29) is 12.4 Å². The predicted octanol–water partition coefficient (Wildman–Crippen LogP) is 4.57. The molecule has 0 radical (unpaired) electrons. The Hall–Kier alpha value is -1.81. The van der Waals surface area contributed by atoms with Gasteiger partial charge in [0.1, 0.15) is 5.82 Å². The molecular formula is C16H15Cl2N3. The van der Waals surface area contributed by atoms with Crippen molar-refractivity contribution < 1.29 is 0 Å². The molecule has 1 heterocycles. The third-order valence-corrected chi connectivity index (χ3v) is 3.51. The molecule has 0 aliphatic rings. The lowest BCUT2D eigenvalue weighted by atomic mass is 10.0. The molecule has 0 fully saturated rings. The number of hydrogen-bond donors (Lipinski definition) is 2. The first-order valence-electron chi connectivity index (χ1n) is 6.32. The molecule has 1 aromatic heterocycles. The Morgan fingerprint density at radius 3 is 2.48 bits per heavy atom. The molecule has 0 atom stereocenters. The summed E-state index contributed by atoms with van der Waals surface area (Å²) in [4.78, 5) is 4.62. The lowest BCUT2D eigenvalue weighted by molar-refractivity contribution is 1.25. The van der Waals surface area contributed by atoms with Crippen molar-refractivity contribution in [3.05, 3.63) is 59.1 Å². The molecule has 108 valence electrons. The van der Waals surface area contributed by atoms with E-state index in [4.69, 9.17) is 17.4 Å². The number of anilines is 1. The number of nitrogen functional groups attached to an aromatic ring is 1. The average Bonchev–Trinajstić information content (AvgIpc) is 2.47. The topological polar surface area (TPSA) is 50.9 Å². The summed E-state index contributed by atoms with van der Waals surface area (Å²) in [6.45, 7) is 1.99. The Kier molecular flexibility index (Phi) is 4.68. The molecular weight excluding hydrogens is 305 g/mol. The van der Waals surface area contributed by atoms with Crippen molar-refractivity contribution in [2.24, 2.45) is 5.84 Å². The maximum absolute atomic E-state index is 6.13. The number of fused-ring (bicyclic) bond motifs is 1. The summed E-state index contributed by atoms with van der Waals surface area (Å²) in [5, 5.41) is 1.72. The highest BCUT2D eigenvalue weighted by molar-refractivity contribution is 6.31. The quantitative estimate of drug-likeness (QED) is 0.537. The van der Waals surface area contributed by atoms with Gasteiger partial charge in [-0.15, -0.1) is 12.4 Å². The number of hydrogen-bond acceptors (Lipinski definition) is 3. The number of pyridine rings is 1. The summed E-state index contributed by atoms with van der Waals surface area (Å²) in [6.07, 6.45) is 0. The summed E-state index contributed by atoms with van der Waals surface area (Å²) < 4.78 is 0. The maximum atomic E-state index is 6.13. The molecule has 0 unspecified atom stereocenters. The van der Waals surface area contributed by atoms with Gasteiger partial charge in [-0.05, 0) is 36.2 Å². The molecule has 0 saturated heterocycles. The second kappa shape index (κ2) is 6.31. The van der Waals surface area contributed by atoms with Gasteiger partial charge in [-0.2, -0.15) is 0 Å². The predicted molar refractivity (Wildman–Crippen MR) is 92.0 cm³/mol. The van der Waals surface area contributed by atoms with Gasteiger partial charge in [-0.1, -0.05) is 41.9 Å². The van der Waals surface area contributed by atoms with Gasteiger partial charge in [-0.3, -0.25) is 0 Å². The maximum Gasteiger partial charge on any atom is 0.148 e. The number of hydrazine groups is 1. The highest BCUT2D eigenvalue weighted by Gasteiger charge is 2.10. The molecule has 0 spiro atoms. The van der Waals surface area contributed by atoms with E-state index in [2.05, 4.69) is 16.5 Å². The zero-order chi connectivity index (χ0) is 14.1. The Balaban J connectivity index is 0.00000161. The van der Waals surface area contributed by atoms with E-state index in [0.717, 1.165) is 27.6 Å². The highest BCUT2D eigenvalue weighted by Crippen LogP contribution is 2.32. The number of halogens is 2. The van der Waals surface area contributed by atoms with Crippen LogP contribution in [0.1, 0.15) is 5.56 Å². The monoisotopic (exact) mass is 319 g/mol. The third kappa shape index (κ3) is 2.95. The van der Waals surface area contributed by atoms with Crippen LogP contribution in [-0.4, -0.2) is 4.98 Å². The molecule has 21 heavy (non-hydrogen) atoms. The fourth-order valence-corrected chi connectivity index (χ4v) is 2.65. The zero-order valence-electron chi connectivity index (χ0n) is 11.4. The lowest BCUT2D eigenvalue weighted by Crippen LogP contribution is -2.10. The molecule has 3 rings (SSSR count). The Morgan fingerprint density at radius 1 is 1.10 bits per heavy atom. The van der Waals surface area contributed by atoms with Crippen LogP contribution in [0.4, 0.5) is 5.82 Å². The van der Waals surface area contributed by atoms with Gasteiger partial charge >= 0.3 is 0 Å². The van der Waals surface area contributed by atoms with Crippen molar-refractivity contribution in [1.82, 2.24) is 4.98 Å². The molecule has 3 nitrogen and oxygen atoms in total. The number of aryl methyl sites for hydroxylation is 1. The minimum atomic E-state index is 0. The number of nitrogens with one attached hydrogen (secondary N) is 1. The number of rotatable bonds is 2. The average molecular weight is 320 g/mol. The van der Waals surface area contributed by atoms with E-state index in [0.29, 0.717) is 10.8 Å². The largest absolute Gasteiger partial charge is 0.308 e. The molecule has 0 bridgehead atoms. The highest BCUT2D eigenvalue weighted by atomic mass is 35.5. The van der Waals surface area contributed by atoms with E-state index in [1.807, 2.05) is 49.4 Å². The van der Waals surface area contributed by atoms with Crippen LogP contribution in [-0.2, 0) is 0 Å². The second-order valence-electron chi connectivity index (χ2n) is 4.69. The Bertz CT molecular complexity index is 773. The van der Waals surface area contributed by atoms with E-state index in [9.17, 15) is 0 Å². The van der Waals surface area contributed by atoms with Crippen LogP contribution in [0.5, 0.6) is 0 Å². The third-order valence-electron chi connectivity index (χ3n) is 3.29. The van der Waals surface area contributed by atoms with E-state index >= 15 is 0 Å². The van der Waals surface area contributed by atoms with Crippen LogP contribution >= 0.6 is 24.0 Å². The molecule has 3 aromatic rings. The van der Waals surface area contributed by atoms with E-state index < -0.39 is 0 Å². The fraction of sp³-hybridized carbons (Fsp3) is 0.0625. The molecule has 3 N–H and O–H groups in total. The van der Waals surface area contributed by atoms with Gasteiger partial charge in [0, 0.05) is 16.0 Å². The first-order chi connectivity index (χ1) is 9.69. The summed E-state index contributed by atoms with van der Waals surface area (Å²) in [6, 6.07) is 15.9. The van der Waals surface area contributed by atoms with Crippen LogP contribution in [0, 0.1) is 6.92 Å². The van der Waals surface area contributed by atoms with Crippen molar-refractivity contribution in [2.75, 3.05) is 5.43 Å². The van der Waals surface area contributed by atoms with Crippen LogP contribution in [0.2, 0.25) is 5.02 Å².